The molecule has 0 radical (unpaired) electrons. The van der Waals surface area contributed by atoms with Crippen molar-refractivity contribution in [1.29, 1.82) is 0 Å². The predicted octanol–water partition coefficient (Wildman–Crippen LogP) is 12.2. The second kappa shape index (κ2) is 50.5. The van der Waals surface area contributed by atoms with E-state index in [9.17, 15) is 45.3 Å². The molecule has 0 spiro atoms. The van der Waals surface area contributed by atoms with E-state index in [1.54, 1.807) is 0 Å². The van der Waals surface area contributed by atoms with Crippen molar-refractivity contribution in [2.45, 2.75) is 345 Å². The van der Waals surface area contributed by atoms with Crippen LogP contribution < -0.4 is 0 Å². The molecule has 2 heterocycles. The summed E-state index contributed by atoms with van der Waals surface area (Å²) in [5.74, 6) is -0.957. The van der Waals surface area contributed by atoms with Crippen molar-refractivity contribution in [1.82, 2.24) is 0 Å². The standard InChI is InChI=1S/C64H118O15/c1-3-5-7-9-11-13-15-17-19-21-23-25-26-27-29-31-33-35-37-39-41-43-45-47-56(67)77-52(49-74-55(66)46-44-42-40-38-36-34-32-30-28-24-22-20-18-16-14-12-10-8-6-4-2)50-75-63-62(73)60(71)58(69)54(79-63)51-76-64-61(72)59(70)57(68)53(48-65)78-64/h31,33,39,41,52-54,57-65,68-73H,3-30,32,34-38,40,42-51H2,1-2H3/b33-31+,41-39+/t52-,53+,54+,57-,58-,59?,60?,61?,62?,63+,64+/m1/s1. The third-order valence-electron chi connectivity index (χ3n) is 15.7. The van der Waals surface area contributed by atoms with Crippen LogP contribution in [0.5, 0.6) is 0 Å². The molecule has 11 atom stereocenters. The molecule has 0 amide bonds. The molecule has 15 heteroatoms. The van der Waals surface area contributed by atoms with E-state index in [1.165, 1.54) is 193 Å². The van der Waals surface area contributed by atoms with E-state index in [2.05, 4.69) is 38.2 Å². The van der Waals surface area contributed by atoms with Gasteiger partial charge in [0.1, 0.15) is 55.4 Å². The molecule has 0 aromatic heterocycles. The lowest BCUT2D eigenvalue weighted by atomic mass is 9.98. The lowest BCUT2D eigenvalue weighted by Crippen LogP contribution is -2.61. The molecule has 0 saturated carbocycles. The van der Waals surface area contributed by atoms with Gasteiger partial charge in [-0.05, 0) is 44.9 Å². The lowest BCUT2D eigenvalue weighted by molar-refractivity contribution is -0.332. The molecule has 0 aliphatic carbocycles. The van der Waals surface area contributed by atoms with Crippen molar-refractivity contribution >= 4 is 11.9 Å². The topological polar surface area (TPSA) is 231 Å². The number of allylic oxidation sites excluding steroid dienone is 4. The number of carbonyl (C=O) groups excluding carboxylic acids is 2. The zero-order chi connectivity index (χ0) is 57.4. The summed E-state index contributed by atoms with van der Waals surface area (Å²) in [6.45, 7) is 2.62. The van der Waals surface area contributed by atoms with Gasteiger partial charge < -0.3 is 64.2 Å². The minimum atomic E-state index is -1.77. The van der Waals surface area contributed by atoms with Crippen LogP contribution in [-0.2, 0) is 38.0 Å². The maximum Gasteiger partial charge on any atom is 0.306 e. The Kier molecular flexibility index (Phi) is 46.7. The number of unbranched alkanes of at least 4 members (excludes halogenated alkanes) is 35. The van der Waals surface area contributed by atoms with Gasteiger partial charge in [-0.25, -0.2) is 0 Å². The fraction of sp³-hybridized carbons (Fsp3) is 0.906. The maximum absolute atomic E-state index is 13.1. The highest BCUT2D eigenvalue weighted by molar-refractivity contribution is 5.70. The first kappa shape index (κ1) is 73.1. The number of rotatable bonds is 53. The Hall–Kier alpha value is -2.02. The van der Waals surface area contributed by atoms with Crippen molar-refractivity contribution in [3.63, 3.8) is 0 Å². The molecule has 2 aliphatic rings. The second-order valence-corrected chi connectivity index (χ2v) is 22.9. The van der Waals surface area contributed by atoms with Crippen LogP contribution in [0.1, 0.15) is 277 Å². The quantitative estimate of drug-likeness (QED) is 0.0171. The van der Waals surface area contributed by atoms with E-state index in [0.717, 1.165) is 38.5 Å². The fourth-order valence-corrected chi connectivity index (χ4v) is 10.4. The molecule has 15 nitrogen and oxygen atoms in total. The van der Waals surface area contributed by atoms with Crippen LogP contribution in [0.2, 0.25) is 0 Å². The number of esters is 2. The Morgan fingerprint density at radius 1 is 0.392 bits per heavy atom. The smallest absolute Gasteiger partial charge is 0.306 e. The lowest BCUT2D eigenvalue weighted by Gasteiger charge is -2.42. The first-order chi connectivity index (χ1) is 38.5. The van der Waals surface area contributed by atoms with E-state index in [0.29, 0.717) is 19.3 Å². The van der Waals surface area contributed by atoms with Crippen molar-refractivity contribution in [2.24, 2.45) is 0 Å². The minimum absolute atomic E-state index is 0.109. The molecular weight excluding hydrogens is 1010 g/mol. The van der Waals surface area contributed by atoms with Crippen LogP contribution in [0.15, 0.2) is 24.3 Å². The molecule has 0 bridgehead atoms. The van der Waals surface area contributed by atoms with E-state index in [1.807, 2.05) is 0 Å². The molecule has 79 heavy (non-hydrogen) atoms. The molecule has 7 N–H and O–H groups in total. The SMILES string of the molecule is CCCCCCCCCCCCCCCC/C=C/CC/C=C/CCCC(=O)O[C@H](COC(=O)CCCCCCCCCCCCCCCCCCCCCC)CO[C@H]1O[C@@H](CO[C@H]2O[C@@H](CO)[C@@H](O)C(O)C2O)[C@@H](O)C(O)C1O. The first-order valence-corrected chi connectivity index (χ1v) is 32.4. The van der Waals surface area contributed by atoms with Gasteiger partial charge in [-0.3, -0.25) is 9.59 Å². The Bertz CT molecular complexity index is 1460. The molecule has 4 unspecified atom stereocenters. The average Bonchev–Trinajstić information content (AvgIpc) is 3.53. The van der Waals surface area contributed by atoms with Gasteiger partial charge >= 0.3 is 11.9 Å². The Morgan fingerprint density at radius 3 is 1.19 bits per heavy atom. The highest BCUT2D eigenvalue weighted by Gasteiger charge is 2.47. The highest BCUT2D eigenvalue weighted by atomic mass is 16.7. The summed E-state index contributed by atoms with van der Waals surface area (Å²) in [6.07, 6.45) is 40.7. The van der Waals surface area contributed by atoms with Crippen LogP contribution in [0, 0.1) is 0 Å². The number of hydrogen-bond donors (Lipinski definition) is 7. The molecule has 2 aliphatic heterocycles. The summed E-state index contributed by atoms with van der Waals surface area (Å²) in [4.78, 5) is 26.0. The van der Waals surface area contributed by atoms with Crippen LogP contribution in [0.3, 0.4) is 0 Å². The zero-order valence-electron chi connectivity index (χ0n) is 49.9. The normalized spacial score (nSPS) is 24.0. The van der Waals surface area contributed by atoms with E-state index < -0.39 is 99.3 Å². The summed E-state index contributed by atoms with van der Waals surface area (Å²) < 4.78 is 33.7. The average molecular weight is 1130 g/mol. The van der Waals surface area contributed by atoms with Crippen molar-refractivity contribution in [3.05, 3.63) is 24.3 Å². The van der Waals surface area contributed by atoms with Gasteiger partial charge in [0.2, 0.25) is 0 Å². The van der Waals surface area contributed by atoms with Gasteiger partial charge in [0.25, 0.3) is 0 Å². The molecule has 2 rings (SSSR count). The van der Waals surface area contributed by atoms with Gasteiger partial charge in [-0.15, -0.1) is 0 Å². The van der Waals surface area contributed by atoms with E-state index in [4.69, 9.17) is 28.4 Å². The van der Waals surface area contributed by atoms with Gasteiger partial charge in [-0.2, -0.15) is 0 Å². The fourth-order valence-electron chi connectivity index (χ4n) is 10.4. The number of hydrogen-bond acceptors (Lipinski definition) is 15. The summed E-state index contributed by atoms with van der Waals surface area (Å²) in [5.41, 5.74) is 0. The second-order valence-electron chi connectivity index (χ2n) is 22.9. The number of aliphatic hydroxyl groups excluding tert-OH is 7. The Morgan fingerprint density at radius 2 is 0.747 bits per heavy atom. The first-order valence-electron chi connectivity index (χ1n) is 32.4. The summed E-state index contributed by atoms with van der Waals surface area (Å²) in [6, 6.07) is 0. The Balaban J connectivity index is 1.72. The van der Waals surface area contributed by atoms with Gasteiger partial charge in [0.05, 0.1) is 19.8 Å². The number of aliphatic hydroxyl groups is 7. The highest BCUT2D eigenvalue weighted by Crippen LogP contribution is 2.27. The predicted molar refractivity (Wildman–Crippen MR) is 312 cm³/mol. The number of ether oxygens (including phenoxy) is 6. The van der Waals surface area contributed by atoms with Crippen LogP contribution >= 0.6 is 0 Å². The van der Waals surface area contributed by atoms with E-state index >= 15 is 0 Å². The monoisotopic (exact) mass is 1130 g/mol. The number of carbonyl (C=O) groups is 2. The van der Waals surface area contributed by atoms with Crippen molar-refractivity contribution in [3.8, 4) is 0 Å². The van der Waals surface area contributed by atoms with Gasteiger partial charge in [-0.1, -0.05) is 244 Å². The zero-order valence-corrected chi connectivity index (χ0v) is 49.9. The molecule has 464 valence electrons. The molecule has 2 fully saturated rings. The van der Waals surface area contributed by atoms with Crippen LogP contribution in [-0.4, -0.2) is 142 Å². The molecule has 2 saturated heterocycles. The molecule has 0 aromatic carbocycles. The minimum Gasteiger partial charge on any atom is -0.462 e. The van der Waals surface area contributed by atoms with Crippen molar-refractivity contribution < 1.29 is 73.8 Å². The van der Waals surface area contributed by atoms with Crippen LogP contribution in [0.4, 0.5) is 0 Å². The maximum atomic E-state index is 13.1. The van der Waals surface area contributed by atoms with Crippen LogP contribution in [0.25, 0.3) is 0 Å². The Labute approximate surface area is 479 Å². The van der Waals surface area contributed by atoms with Gasteiger partial charge in [0, 0.05) is 12.8 Å². The summed E-state index contributed by atoms with van der Waals surface area (Å²) >= 11 is 0. The van der Waals surface area contributed by atoms with Crippen molar-refractivity contribution in [2.75, 3.05) is 26.4 Å². The largest absolute Gasteiger partial charge is 0.462 e. The summed E-state index contributed by atoms with van der Waals surface area (Å²) in [7, 11) is 0. The molecular formula is C64H118O15. The van der Waals surface area contributed by atoms with Gasteiger partial charge in [0.15, 0.2) is 18.7 Å². The van der Waals surface area contributed by atoms with E-state index in [-0.39, 0.29) is 19.4 Å². The molecule has 0 aromatic rings. The third kappa shape index (κ3) is 37.0. The summed E-state index contributed by atoms with van der Waals surface area (Å²) in [5, 5.41) is 72.4. The third-order valence-corrected chi connectivity index (χ3v) is 15.7.